The predicted molar refractivity (Wildman–Crippen MR) is 94.6 cm³/mol. The monoisotopic (exact) mass is 352 g/mol. The maximum atomic E-state index is 12.2. The normalized spacial score (nSPS) is 12.6. The lowest BCUT2D eigenvalue weighted by Gasteiger charge is -2.19. The van der Waals surface area contributed by atoms with Gasteiger partial charge in [0, 0.05) is 28.9 Å². The zero-order valence-electron chi connectivity index (χ0n) is 13.8. The van der Waals surface area contributed by atoms with Crippen LogP contribution in [-0.4, -0.2) is 36.7 Å². The van der Waals surface area contributed by atoms with Gasteiger partial charge in [-0.1, -0.05) is 18.2 Å². The smallest absolute Gasteiger partial charge is 0.340 e. The average molecular weight is 352 g/mol. The van der Waals surface area contributed by atoms with Gasteiger partial charge in [-0.2, -0.15) is 0 Å². The van der Waals surface area contributed by atoms with Crippen LogP contribution >= 0.6 is 0 Å². The molecule has 1 aliphatic rings. The summed E-state index contributed by atoms with van der Waals surface area (Å²) in [6.07, 6.45) is 1.58. The van der Waals surface area contributed by atoms with E-state index in [1.54, 1.807) is 24.4 Å². The van der Waals surface area contributed by atoms with Crippen molar-refractivity contribution in [3.8, 4) is 11.5 Å². The Bertz CT molecular complexity index is 979. The van der Waals surface area contributed by atoms with Gasteiger partial charge in [0.1, 0.15) is 13.2 Å². The number of amides is 1. The molecule has 3 aromatic rings. The summed E-state index contributed by atoms with van der Waals surface area (Å²) in [4.78, 5) is 27.3. The maximum Gasteiger partial charge on any atom is 0.340 e. The van der Waals surface area contributed by atoms with E-state index in [2.05, 4.69) is 10.3 Å². The fraction of sp³-hybridized carbons (Fsp3) is 0.158. The molecular formula is C19H16N2O5. The van der Waals surface area contributed by atoms with Crippen molar-refractivity contribution in [2.75, 3.05) is 25.1 Å². The molecule has 7 heteroatoms. The average Bonchev–Trinajstić information content (AvgIpc) is 3.10. The summed E-state index contributed by atoms with van der Waals surface area (Å²) in [6.45, 7) is 0.585. The van der Waals surface area contributed by atoms with Crippen molar-refractivity contribution in [2.45, 2.75) is 0 Å². The highest BCUT2D eigenvalue weighted by molar-refractivity contribution is 6.05. The predicted octanol–water partition coefficient (Wildman–Crippen LogP) is 2.73. The number of benzene rings is 2. The number of para-hydroxylation sites is 1. The zero-order chi connectivity index (χ0) is 17.9. The number of rotatable bonds is 4. The minimum Gasteiger partial charge on any atom is -0.486 e. The number of H-pyrrole nitrogens is 1. The van der Waals surface area contributed by atoms with Crippen molar-refractivity contribution in [1.82, 2.24) is 4.98 Å². The molecule has 0 aliphatic carbocycles. The third-order valence-electron chi connectivity index (χ3n) is 3.97. The van der Waals surface area contributed by atoms with Gasteiger partial charge in [0.2, 0.25) is 0 Å². The van der Waals surface area contributed by atoms with Crippen LogP contribution in [0, 0.1) is 0 Å². The first-order valence-electron chi connectivity index (χ1n) is 8.13. The van der Waals surface area contributed by atoms with Gasteiger partial charge in [0.05, 0.1) is 5.56 Å². The van der Waals surface area contributed by atoms with Crippen molar-refractivity contribution >= 4 is 28.5 Å². The molecule has 0 saturated carbocycles. The largest absolute Gasteiger partial charge is 0.486 e. The molecule has 1 aromatic heterocycles. The molecule has 0 spiro atoms. The summed E-state index contributed by atoms with van der Waals surface area (Å²) in [5.74, 6) is 0.222. The summed E-state index contributed by atoms with van der Waals surface area (Å²) >= 11 is 0. The Kier molecular flexibility index (Phi) is 4.18. The van der Waals surface area contributed by atoms with Gasteiger partial charge in [-0.15, -0.1) is 0 Å². The van der Waals surface area contributed by atoms with Crippen LogP contribution in [0.2, 0.25) is 0 Å². The number of fused-ring (bicyclic) bond motifs is 2. The van der Waals surface area contributed by atoms with Crippen LogP contribution in [0.15, 0.2) is 48.7 Å². The molecule has 132 valence electrons. The summed E-state index contributed by atoms with van der Waals surface area (Å²) in [6, 6.07) is 12.5. The fourth-order valence-corrected chi connectivity index (χ4v) is 2.77. The van der Waals surface area contributed by atoms with Gasteiger partial charge < -0.3 is 24.5 Å². The minimum atomic E-state index is -0.556. The standard InChI is InChI=1S/C19H16N2O5/c22-18(21-12-5-6-16-17(9-12)25-8-7-24-16)11-26-19(23)14-10-20-15-4-2-1-3-13(14)15/h1-6,9-10,20H,7-8,11H2,(H,21,22). The topological polar surface area (TPSA) is 89.7 Å². The molecule has 0 unspecified atom stereocenters. The molecule has 0 fully saturated rings. The number of hydrogen-bond donors (Lipinski definition) is 2. The Morgan fingerprint density at radius 1 is 1.08 bits per heavy atom. The van der Waals surface area contributed by atoms with Gasteiger partial charge in [-0.05, 0) is 18.2 Å². The first-order valence-corrected chi connectivity index (χ1v) is 8.13. The third-order valence-corrected chi connectivity index (χ3v) is 3.97. The zero-order valence-corrected chi connectivity index (χ0v) is 13.8. The number of nitrogens with one attached hydrogen (secondary N) is 2. The molecule has 1 aliphatic heterocycles. The Labute approximate surface area is 148 Å². The van der Waals surface area contributed by atoms with E-state index in [-0.39, 0.29) is 6.61 Å². The number of ether oxygens (including phenoxy) is 3. The lowest BCUT2D eigenvalue weighted by Crippen LogP contribution is -2.21. The summed E-state index contributed by atoms with van der Waals surface area (Å²) < 4.78 is 16.0. The molecule has 2 aromatic carbocycles. The Morgan fingerprint density at radius 3 is 2.77 bits per heavy atom. The van der Waals surface area contributed by atoms with E-state index in [9.17, 15) is 9.59 Å². The van der Waals surface area contributed by atoms with E-state index in [0.717, 1.165) is 10.9 Å². The molecule has 2 N–H and O–H groups in total. The van der Waals surface area contributed by atoms with Crippen LogP contribution in [0.1, 0.15) is 10.4 Å². The fourth-order valence-electron chi connectivity index (χ4n) is 2.77. The molecule has 0 atom stereocenters. The van der Waals surface area contributed by atoms with E-state index < -0.39 is 11.9 Å². The number of aromatic amines is 1. The third kappa shape index (κ3) is 3.19. The van der Waals surface area contributed by atoms with E-state index >= 15 is 0 Å². The molecule has 26 heavy (non-hydrogen) atoms. The van der Waals surface area contributed by atoms with Crippen LogP contribution in [-0.2, 0) is 9.53 Å². The van der Waals surface area contributed by atoms with E-state index in [1.807, 2.05) is 24.3 Å². The van der Waals surface area contributed by atoms with Crippen LogP contribution < -0.4 is 14.8 Å². The summed E-state index contributed by atoms with van der Waals surface area (Å²) in [5, 5.41) is 3.42. The molecular weight excluding hydrogens is 336 g/mol. The van der Waals surface area contributed by atoms with Gasteiger partial charge in [0.25, 0.3) is 5.91 Å². The minimum absolute atomic E-state index is 0.382. The second kappa shape index (κ2) is 6.79. The molecule has 2 heterocycles. The van der Waals surface area contributed by atoms with Crippen LogP contribution in [0.3, 0.4) is 0 Å². The summed E-state index contributed by atoms with van der Waals surface area (Å²) in [7, 11) is 0. The van der Waals surface area contributed by atoms with Crippen molar-refractivity contribution in [1.29, 1.82) is 0 Å². The molecule has 0 saturated heterocycles. The number of carbonyl (C=O) groups is 2. The lowest BCUT2D eigenvalue weighted by molar-refractivity contribution is -0.119. The van der Waals surface area contributed by atoms with Gasteiger partial charge in [-0.3, -0.25) is 4.79 Å². The summed E-state index contributed by atoms with van der Waals surface area (Å²) in [5.41, 5.74) is 1.77. The van der Waals surface area contributed by atoms with Gasteiger partial charge in [-0.25, -0.2) is 4.79 Å². The molecule has 0 radical (unpaired) electrons. The molecule has 0 bridgehead atoms. The number of aromatic nitrogens is 1. The van der Waals surface area contributed by atoms with E-state index in [4.69, 9.17) is 14.2 Å². The first kappa shape index (κ1) is 16.0. The van der Waals surface area contributed by atoms with Crippen molar-refractivity contribution < 1.29 is 23.8 Å². The van der Waals surface area contributed by atoms with Crippen molar-refractivity contribution in [3.05, 3.63) is 54.2 Å². The Balaban J connectivity index is 1.37. The first-order chi connectivity index (χ1) is 12.7. The van der Waals surface area contributed by atoms with Crippen molar-refractivity contribution in [3.63, 3.8) is 0 Å². The highest BCUT2D eigenvalue weighted by Gasteiger charge is 2.16. The number of hydrogen-bond acceptors (Lipinski definition) is 5. The quantitative estimate of drug-likeness (QED) is 0.705. The second-order valence-electron chi connectivity index (χ2n) is 5.73. The molecule has 4 rings (SSSR count). The lowest BCUT2D eigenvalue weighted by atomic mass is 10.2. The van der Waals surface area contributed by atoms with E-state index in [0.29, 0.717) is 36.0 Å². The van der Waals surface area contributed by atoms with Crippen LogP contribution in [0.25, 0.3) is 10.9 Å². The highest BCUT2D eigenvalue weighted by Crippen LogP contribution is 2.32. The molecule has 7 nitrogen and oxygen atoms in total. The highest BCUT2D eigenvalue weighted by atomic mass is 16.6. The number of carbonyl (C=O) groups excluding carboxylic acids is 2. The van der Waals surface area contributed by atoms with E-state index in [1.165, 1.54) is 0 Å². The number of esters is 1. The van der Waals surface area contributed by atoms with Crippen LogP contribution in [0.4, 0.5) is 5.69 Å². The van der Waals surface area contributed by atoms with Gasteiger partial charge in [0.15, 0.2) is 18.1 Å². The van der Waals surface area contributed by atoms with Crippen LogP contribution in [0.5, 0.6) is 11.5 Å². The Hall–Kier alpha value is -3.48. The van der Waals surface area contributed by atoms with Crippen molar-refractivity contribution in [2.24, 2.45) is 0 Å². The molecule has 1 amide bonds. The second-order valence-corrected chi connectivity index (χ2v) is 5.73. The van der Waals surface area contributed by atoms with Gasteiger partial charge >= 0.3 is 5.97 Å². The maximum absolute atomic E-state index is 12.2. The number of anilines is 1. The SMILES string of the molecule is O=C(COC(=O)c1c[nH]c2ccccc12)Nc1ccc2c(c1)OCCO2. The Morgan fingerprint density at radius 2 is 1.88 bits per heavy atom.